The summed E-state index contributed by atoms with van der Waals surface area (Å²) in [6.07, 6.45) is 1.77. The van der Waals surface area contributed by atoms with E-state index in [4.69, 9.17) is 4.74 Å². The zero-order chi connectivity index (χ0) is 16.8. The molecule has 0 aliphatic carbocycles. The predicted molar refractivity (Wildman–Crippen MR) is 101 cm³/mol. The van der Waals surface area contributed by atoms with Crippen LogP contribution in [0.3, 0.4) is 0 Å². The number of nitrogens with zero attached hydrogens (tertiary/aromatic N) is 2. The van der Waals surface area contributed by atoms with Gasteiger partial charge in [0, 0.05) is 10.4 Å². The smallest absolute Gasteiger partial charge is 0.204 e. The van der Waals surface area contributed by atoms with E-state index in [1.165, 1.54) is 0 Å². The number of thiazole rings is 1. The van der Waals surface area contributed by atoms with E-state index in [1.54, 1.807) is 17.6 Å². The molecule has 0 saturated carbocycles. The Morgan fingerprint density at radius 1 is 1.17 bits per heavy atom. The molecule has 3 aromatic rings. The lowest BCUT2D eigenvalue weighted by Gasteiger charge is -2.02. The molecule has 3 rings (SSSR count). The Morgan fingerprint density at radius 2 is 2.00 bits per heavy atom. The lowest BCUT2D eigenvalue weighted by atomic mass is 10.1. The number of benzene rings is 2. The van der Waals surface area contributed by atoms with Gasteiger partial charge in [-0.05, 0) is 31.5 Å². The van der Waals surface area contributed by atoms with Gasteiger partial charge in [0.25, 0.3) is 0 Å². The van der Waals surface area contributed by atoms with Crippen LogP contribution in [0.5, 0.6) is 5.75 Å². The molecule has 0 saturated heterocycles. The number of nitrogens with one attached hydrogen (secondary N) is 1. The largest absolute Gasteiger partial charge is 0.494 e. The second kappa shape index (κ2) is 7.75. The Morgan fingerprint density at radius 3 is 2.79 bits per heavy atom. The Balaban J connectivity index is 1.70. The van der Waals surface area contributed by atoms with Crippen LogP contribution in [-0.4, -0.2) is 17.8 Å². The normalized spacial score (nSPS) is 10.9. The van der Waals surface area contributed by atoms with E-state index in [0.717, 1.165) is 32.6 Å². The van der Waals surface area contributed by atoms with E-state index in [1.807, 2.05) is 49.4 Å². The fourth-order valence-corrected chi connectivity index (χ4v) is 3.11. The second-order valence-electron chi connectivity index (χ2n) is 5.17. The summed E-state index contributed by atoms with van der Waals surface area (Å²) in [7, 11) is 0. The predicted octanol–water partition coefficient (Wildman–Crippen LogP) is 4.96. The number of aromatic nitrogens is 1. The van der Waals surface area contributed by atoms with Crippen molar-refractivity contribution in [1.82, 2.24) is 4.98 Å². The van der Waals surface area contributed by atoms with E-state index in [-0.39, 0.29) is 0 Å². The average molecular weight is 337 g/mol. The third kappa shape index (κ3) is 4.00. The number of hydrazone groups is 1. The van der Waals surface area contributed by atoms with E-state index < -0.39 is 0 Å². The minimum absolute atomic E-state index is 0.652. The number of hydrogen-bond donors (Lipinski definition) is 1. The highest BCUT2D eigenvalue weighted by atomic mass is 32.1. The fourth-order valence-electron chi connectivity index (χ4n) is 2.32. The van der Waals surface area contributed by atoms with Crippen molar-refractivity contribution in [3.05, 3.63) is 65.0 Å². The van der Waals surface area contributed by atoms with E-state index in [9.17, 15) is 0 Å². The molecular weight excluding hydrogens is 318 g/mol. The first-order valence-electron chi connectivity index (χ1n) is 7.81. The number of rotatable bonds is 6. The van der Waals surface area contributed by atoms with Gasteiger partial charge in [-0.3, -0.25) is 5.43 Å². The van der Waals surface area contributed by atoms with Gasteiger partial charge in [-0.1, -0.05) is 42.5 Å². The molecule has 1 N–H and O–H groups in total. The van der Waals surface area contributed by atoms with Crippen molar-refractivity contribution in [2.24, 2.45) is 5.10 Å². The van der Waals surface area contributed by atoms with Crippen LogP contribution in [-0.2, 0) is 0 Å². The quantitative estimate of drug-likeness (QED) is 0.510. The summed E-state index contributed by atoms with van der Waals surface area (Å²) in [5, 5.41) is 5.06. The molecule has 0 aliphatic rings. The highest BCUT2D eigenvalue weighted by Gasteiger charge is 2.08. The zero-order valence-corrected chi connectivity index (χ0v) is 14.5. The van der Waals surface area contributed by atoms with Gasteiger partial charge in [-0.2, -0.15) is 5.10 Å². The van der Waals surface area contributed by atoms with Crippen molar-refractivity contribution in [2.75, 3.05) is 12.0 Å². The number of hydrogen-bond acceptors (Lipinski definition) is 5. The van der Waals surface area contributed by atoms with Gasteiger partial charge in [-0.25, -0.2) is 4.98 Å². The van der Waals surface area contributed by atoms with Crippen molar-refractivity contribution >= 4 is 22.7 Å². The molecule has 0 spiro atoms. The molecule has 24 heavy (non-hydrogen) atoms. The SMILES string of the molecule is CCOc1cccc(/C=N/Nc2nc(-c3ccccc3)c(C)s2)c1. The number of ether oxygens (including phenoxy) is 1. The molecule has 0 atom stereocenters. The molecule has 0 aliphatic heterocycles. The lowest BCUT2D eigenvalue weighted by molar-refractivity contribution is 0.340. The van der Waals surface area contributed by atoms with Gasteiger partial charge in [-0.15, -0.1) is 11.3 Å². The van der Waals surface area contributed by atoms with E-state index in [0.29, 0.717) is 6.61 Å². The minimum Gasteiger partial charge on any atom is -0.494 e. The van der Waals surface area contributed by atoms with Crippen LogP contribution in [0.1, 0.15) is 17.4 Å². The van der Waals surface area contributed by atoms with Gasteiger partial charge in [0.1, 0.15) is 5.75 Å². The Bertz CT molecular complexity index is 828. The lowest BCUT2D eigenvalue weighted by Crippen LogP contribution is -1.93. The van der Waals surface area contributed by atoms with Crippen LogP contribution in [0, 0.1) is 6.92 Å². The highest BCUT2D eigenvalue weighted by molar-refractivity contribution is 7.15. The number of anilines is 1. The summed E-state index contributed by atoms with van der Waals surface area (Å²) in [5.74, 6) is 0.845. The molecule has 0 amide bonds. The van der Waals surface area contributed by atoms with Gasteiger partial charge >= 0.3 is 0 Å². The molecule has 122 valence electrons. The third-order valence-electron chi connectivity index (χ3n) is 3.39. The van der Waals surface area contributed by atoms with Crippen molar-refractivity contribution in [3.63, 3.8) is 0 Å². The van der Waals surface area contributed by atoms with Gasteiger partial charge < -0.3 is 4.74 Å². The maximum absolute atomic E-state index is 5.49. The van der Waals surface area contributed by atoms with Crippen molar-refractivity contribution in [2.45, 2.75) is 13.8 Å². The third-order valence-corrected chi connectivity index (χ3v) is 4.26. The van der Waals surface area contributed by atoms with Gasteiger partial charge in [0.2, 0.25) is 5.13 Å². The maximum Gasteiger partial charge on any atom is 0.204 e. The molecule has 5 heteroatoms. The molecule has 0 unspecified atom stereocenters. The van der Waals surface area contributed by atoms with Crippen LogP contribution in [0.25, 0.3) is 11.3 Å². The standard InChI is InChI=1S/C19H19N3OS/c1-3-23-17-11-7-8-15(12-17)13-20-22-19-21-18(14(2)24-19)16-9-5-4-6-10-16/h4-13H,3H2,1-2H3,(H,21,22)/b20-13+. The molecule has 2 aromatic carbocycles. The Labute approximate surface area is 145 Å². The maximum atomic E-state index is 5.49. The molecule has 1 heterocycles. The van der Waals surface area contributed by atoms with Crippen LogP contribution < -0.4 is 10.2 Å². The van der Waals surface area contributed by atoms with Crippen LogP contribution in [0.4, 0.5) is 5.13 Å². The van der Waals surface area contributed by atoms with Crippen LogP contribution in [0.15, 0.2) is 59.7 Å². The van der Waals surface area contributed by atoms with E-state index >= 15 is 0 Å². The molecule has 0 fully saturated rings. The second-order valence-corrected chi connectivity index (χ2v) is 6.37. The first kappa shape index (κ1) is 16.2. The zero-order valence-electron chi connectivity index (χ0n) is 13.7. The summed E-state index contributed by atoms with van der Waals surface area (Å²) in [5.41, 5.74) is 6.10. The summed E-state index contributed by atoms with van der Waals surface area (Å²) < 4.78 is 5.49. The summed E-state index contributed by atoms with van der Waals surface area (Å²) in [6.45, 7) is 4.69. The number of aryl methyl sites for hydroxylation is 1. The van der Waals surface area contributed by atoms with Crippen molar-refractivity contribution in [3.8, 4) is 17.0 Å². The fraction of sp³-hybridized carbons (Fsp3) is 0.158. The molecule has 0 radical (unpaired) electrons. The highest BCUT2D eigenvalue weighted by Crippen LogP contribution is 2.30. The van der Waals surface area contributed by atoms with Crippen LogP contribution in [0.2, 0.25) is 0 Å². The first-order valence-corrected chi connectivity index (χ1v) is 8.62. The topological polar surface area (TPSA) is 46.5 Å². The van der Waals surface area contributed by atoms with Crippen LogP contribution >= 0.6 is 11.3 Å². The Hall–Kier alpha value is -2.66. The van der Waals surface area contributed by atoms with Crippen molar-refractivity contribution in [1.29, 1.82) is 0 Å². The molecular formula is C19H19N3OS. The van der Waals surface area contributed by atoms with Gasteiger partial charge in [0.05, 0.1) is 18.5 Å². The Kier molecular flexibility index (Phi) is 5.23. The first-order chi connectivity index (χ1) is 11.8. The van der Waals surface area contributed by atoms with E-state index in [2.05, 4.69) is 34.6 Å². The van der Waals surface area contributed by atoms with Gasteiger partial charge in [0.15, 0.2) is 0 Å². The average Bonchev–Trinajstić information content (AvgIpc) is 2.97. The molecule has 4 nitrogen and oxygen atoms in total. The summed E-state index contributed by atoms with van der Waals surface area (Å²) >= 11 is 1.59. The monoisotopic (exact) mass is 337 g/mol. The minimum atomic E-state index is 0.652. The molecule has 0 bridgehead atoms. The summed E-state index contributed by atoms with van der Waals surface area (Å²) in [4.78, 5) is 5.79. The molecule has 1 aromatic heterocycles. The summed E-state index contributed by atoms with van der Waals surface area (Å²) in [6, 6.07) is 18.0. The van der Waals surface area contributed by atoms with Crippen molar-refractivity contribution < 1.29 is 4.74 Å².